The van der Waals surface area contributed by atoms with Crippen LogP contribution in [0, 0.1) is 5.82 Å². The molecule has 4 aromatic rings. The maximum atomic E-state index is 13.3. The Bertz CT molecular complexity index is 1340. The summed E-state index contributed by atoms with van der Waals surface area (Å²) in [5, 5.41) is 4.08. The number of hydrogen-bond donors (Lipinski definition) is 3. The van der Waals surface area contributed by atoms with Crippen LogP contribution in [0.3, 0.4) is 0 Å². The van der Waals surface area contributed by atoms with Gasteiger partial charge in [-0.15, -0.1) is 0 Å². The Balaban J connectivity index is 1.44. The summed E-state index contributed by atoms with van der Waals surface area (Å²) in [7, 11) is -4.65. The molecule has 176 valence electrons. The number of anilines is 1. The lowest BCUT2D eigenvalue weighted by Crippen LogP contribution is -2.38. The highest BCUT2D eigenvalue weighted by Gasteiger charge is 2.20. The van der Waals surface area contributed by atoms with Gasteiger partial charge in [0.15, 0.2) is 5.76 Å². The molecule has 3 heterocycles. The van der Waals surface area contributed by atoms with Crippen LogP contribution in [0.5, 0.6) is 5.88 Å². The van der Waals surface area contributed by atoms with Gasteiger partial charge in [0.05, 0.1) is 11.9 Å². The predicted molar refractivity (Wildman–Crippen MR) is 117 cm³/mol. The monoisotopic (exact) mass is 487 g/mol. The maximum Gasteiger partial charge on any atom is 0.472 e. The lowest BCUT2D eigenvalue weighted by molar-refractivity contribution is -0.711. The van der Waals surface area contributed by atoms with E-state index in [1.165, 1.54) is 22.9 Å². The molecule has 10 nitrogen and oxygen atoms in total. The standard InChI is InChI=1S/C22H20FN4O6P/c23-17-4-1-3-16(9-17)13-31-21-11-15(6-7-25-21)10-18-12-20(33-26-18)19-5-2-8-27(22(19)24)14-32-34(28,29)30/h1-9,11-12,24H,10,13-14H2,(H2,28,29,30)/p+1. The summed E-state index contributed by atoms with van der Waals surface area (Å²) < 4.78 is 41.2. The Kier molecular flexibility index (Phi) is 6.99. The van der Waals surface area contributed by atoms with Gasteiger partial charge in [0.2, 0.25) is 12.6 Å². The number of nitrogen functional groups attached to an aromatic ring is 1. The molecule has 0 aliphatic heterocycles. The molecule has 0 aliphatic rings. The van der Waals surface area contributed by atoms with Gasteiger partial charge >= 0.3 is 7.82 Å². The van der Waals surface area contributed by atoms with Crippen molar-refractivity contribution < 1.29 is 37.1 Å². The molecule has 0 bridgehead atoms. The van der Waals surface area contributed by atoms with E-state index in [2.05, 4.69) is 14.7 Å². The molecule has 0 saturated carbocycles. The molecule has 0 aliphatic carbocycles. The van der Waals surface area contributed by atoms with Crippen LogP contribution in [0.4, 0.5) is 10.2 Å². The highest BCUT2D eigenvalue weighted by Crippen LogP contribution is 2.35. The molecule has 0 unspecified atom stereocenters. The van der Waals surface area contributed by atoms with Gasteiger partial charge in [-0.1, -0.05) is 17.3 Å². The molecule has 4 N–H and O–H groups in total. The van der Waals surface area contributed by atoms with Gasteiger partial charge < -0.3 is 19.0 Å². The van der Waals surface area contributed by atoms with Gasteiger partial charge in [0.25, 0.3) is 5.82 Å². The van der Waals surface area contributed by atoms with E-state index >= 15 is 0 Å². The summed E-state index contributed by atoms with van der Waals surface area (Å²) in [6, 6.07) is 14.8. The van der Waals surface area contributed by atoms with E-state index in [1.807, 2.05) is 6.07 Å². The summed E-state index contributed by atoms with van der Waals surface area (Å²) in [6.07, 6.45) is 3.56. The van der Waals surface area contributed by atoms with Crippen molar-refractivity contribution in [1.29, 1.82) is 0 Å². The largest absolute Gasteiger partial charge is 0.473 e. The van der Waals surface area contributed by atoms with Crippen molar-refractivity contribution in [2.75, 3.05) is 5.73 Å². The van der Waals surface area contributed by atoms with E-state index < -0.39 is 14.6 Å². The van der Waals surface area contributed by atoms with Crippen molar-refractivity contribution in [3.63, 3.8) is 0 Å². The fourth-order valence-electron chi connectivity index (χ4n) is 3.18. The van der Waals surface area contributed by atoms with Crippen molar-refractivity contribution in [3.8, 4) is 17.2 Å². The van der Waals surface area contributed by atoms with Gasteiger partial charge in [0.1, 0.15) is 18.0 Å². The molecule has 0 saturated heterocycles. The van der Waals surface area contributed by atoms with E-state index in [1.54, 1.807) is 42.6 Å². The second-order valence-electron chi connectivity index (χ2n) is 7.31. The first-order valence-corrected chi connectivity index (χ1v) is 11.6. The average Bonchev–Trinajstić information content (AvgIpc) is 3.25. The second kappa shape index (κ2) is 10.1. The molecule has 0 fully saturated rings. The fraction of sp³-hybridized carbons (Fsp3) is 0.136. The fourth-order valence-corrected chi connectivity index (χ4v) is 3.45. The minimum Gasteiger partial charge on any atom is -0.473 e. The Labute approximate surface area is 193 Å². The number of rotatable bonds is 9. The number of nitrogens with two attached hydrogens (primary N) is 1. The van der Waals surface area contributed by atoms with E-state index in [9.17, 15) is 8.96 Å². The topological polar surface area (TPSA) is 145 Å². The summed E-state index contributed by atoms with van der Waals surface area (Å²) in [5.74, 6) is 0.637. The van der Waals surface area contributed by atoms with E-state index in [-0.39, 0.29) is 18.2 Å². The number of hydrogen-bond acceptors (Lipinski definition) is 7. The molecule has 0 radical (unpaired) electrons. The summed E-state index contributed by atoms with van der Waals surface area (Å²) in [4.78, 5) is 22.0. The highest BCUT2D eigenvalue weighted by molar-refractivity contribution is 7.46. The Hall–Kier alpha value is -3.63. The van der Waals surface area contributed by atoms with Gasteiger partial charge in [0, 0.05) is 24.8 Å². The molecule has 4 rings (SSSR count). The molecule has 3 aromatic heterocycles. The van der Waals surface area contributed by atoms with Gasteiger partial charge in [-0.05, 0) is 41.5 Å². The van der Waals surface area contributed by atoms with Crippen LogP contribution >= 0.6 is 7.82 Å². The summed E-state index contributed by atoms with van der Waals surface area (Å²) >= 11 is 0. The zero-order valence-corrected chi connectivity index (χ0v) is 18.6. The minimum absolute atomic E-state index is 0.182. The van der Waals surface area contributed by atoms with Gasteiger partial charge in [-0.25, -0.2) is 23.0 Å². The molecule has 0 atom stereocenters. The predicted octanol–water partition coefficient (Wildman–Crippen LogP) is 2.98. The molecule has 0 amide bonds. The first-order valence-electron chi connectivity index (χ1n) is 10.0. The molecular weight excluding hydrogens is 466 g/mol. The highest BCUT2D eigenvalue weighted by atomic mass is 31.2. The number of pyridine rings is 2. The Morgan fingerprint density at radius 1 is 1.12 bits per heavy atom. The molecule has 12 heteroatoms. The van der Waals surface area contributed by atoms with E-state index in [0.717, 1.165) is 5.56 Å². The van der Waals surface area contributed by atoms with Crippen LogP contribution in [0.1, 0.15) is 16.8 Å². The Morgan fingerprint density at radius 3 is 2.76 bits per heavy atom. The number of phosphoric acid groups is 1. The zero-order chi connectivity index (χ0) is 24.1. The number of phosphoric ester groups is 1. The Morgan fingerprint density at radius 2 is 1.97 bits per heavy atom. The van der Waals surface area contributed by atoms with Crippen LogP contribution < -0.4 is 15.0 Å². The summed E-state index contributed by atoms with van der Waals surface area (Å²) in [5.41, 5.74) is 8.79. The molecular formula is C22H21FN4O6P+. The minimum atomic E-state index is -4.65. The number of ether oxygens (including phenoxy) is 1. The van der Waals surface area contributed by atoms with Crippen molar-refractivity contribution >= 4 is 13.6 Å². The van der Waals surface area contributed by atoms with Crippen molar-refractivity contribution in [1.82, 2.24) is 10.1 Å². The third kappa shape index (κ3) is 6.24. The van der Waals surface area contributed by atoms with Crippen LogP contribution in [0.15, 0.2) is 71.5 Å². The molecule has 1 aromatic carbocycles. The first-order chi connectivity index (χ1) is 16.3. The normalized spacial score (nSPS) is 11.5. The van der Waals surface area contributed by atoms with Crippen LogP contribution in [0.2, 0.25) is 0 Å². The average molecular weight is 487 g/mol. The SMILES string of the molecule is Nc1c(-c2cc(Cc3ccnc(OCc4cccc(F)c4)c3)no2)ccc[n+]1COP(=O)(O)O. The van der Waals surface area contributed by atoms with Gasteiger partial charge in [-0.3, -0.25) is 5.73 Å². The van der Waals surface area contributed by atoms with Crippen molar-refractivity contribution in [2.24, 2.45) is 0 Å². The van der Waals surface area contributed by atoms with Crippen LogP contribution in [-0.2, 0) is 28.8 Å². The van der Waals surface area contributed by atoms with Crippen molar-refractivity contribution in [3.05, 3.63) is 89.6 Å². The van der Waals surface area contributed by atoms with Crippen molar-refractivity contribution in [2.45, 2.75) is 19.8 Å². The molecule has 0 spiro atoms. The quantitative estimate of drug-likeness (QED) is 0.240. The second-order valence-corrected chi connectivity index (χ2v) is 8.55. The maximum absolute atomic E-state index is 13.3. The number of halogens is 1. The third-order valence-electron chi connectivity index (χ3n) is 4.76. The van der Waals surface area contributed by atoms with Crippen LogP contribution in [-0.4, -0.2) is 19.9 Å². The lowest BCUT2D eigenvalue weighted by atomic mass is 10.1. The zero-order valence-electron chi connectivity index (χ0n) is 17.7. The summed E-state index contributed by atoms with van der Waals surface area (Å²) in [6.45, 7) is -0.248. The number of nitrogens with zero attached hydrogens (tertiary/aromatic N) is 3. The van der Waals surface area contributed by atoms with E-state index in [4.69, 9.17) is 24.8 Å². The van der Waals surface area contributed by atoms with Crippen LogP contribution in [0.25, 0.3) is 11.3 Å². The number of benzene rings is 1. The first kappa shape index (κ1) is 23.5. The molecule has 34 heavy (non-hydrogen) atoms. The van der Waals surface area contributed by atoms with Gasteiger partial charge in [-0.2, -0.15) is 0 Å². The smallest absolute Gasteiger partial charge is 0.472 e. The lowest BCUT2D eigenvalue weighted by Gasteiger charge is -2.07. The number of aromatic nitrogens is 3. The third-order valence-corrected chi connectivity index (χ3v) is 5.22. The van der Waals surface area contributed by atoms with E-state index in [0.29, 0.717) is 34.9 Å².